The van der Waals surface area contributed by atoms with Crippen LogP contribution in [0.3, 0.4) is 0 Å². The SMILES string of the molecule is C[SiH](C)[Ti+2]([NH]C(C)(C)C)[CH]1c2ccc(C(C)(C)C)cc2-c2cc(C(C)(C)C)ccc21.[Cl-].[Cl-]. The van der Waals surface area contributed by atoms with E-state index in [1.807, 2.05) is 0 Å². The third-order valence-corrected chi connectivity index (χ3v) is 18.8. The zero-order chi connectivity index (χ0) is 22.6. The molecule has 5 heteroatoms. The predicted molar refractivity (Wildman–Crippen MR) is 133 cm³/mol. The van der Waals surface area contributed by atoms with Gasteiger partial charge in [-0.2, -0.15) is 0 Å². The van der Waals surface area contributed by atoms with Crippen LogP contribution in [0.25, 0.3) is 11.1 Å². The van der Waals surface area contributed by atoms with Gasteiger partial charge in [-0.05, 0) is 0 Å². The molecule has 2 aromatic rings. The Labute approximate surface area is 217 Å². The van der Waals surface area contributed by atoms with Crippen molar-refractivity contribution in [3.8, 4) is 11.1 Å². The van der Waals surface area contributed by atoms with Crippen LogP contribution in [0.2, 0.25) is 13.1 Å². The molecule has 32 heavy (non-hydrogen) atoms. The van der Waals surface area contributed by atoms with E-state index in [2.05, 4.69) is 116 Å². The molecule has 1 N–H and O–H groups in total. The number of rotatable bonds is 3. The summed E-state index contributed by atoms with van der Waals surface area (Å²) in [5, 5.41) is 0. The van der Waals surface area contributed by atoms with E-state index in [4.69, 9.17) is 0 Å². The number of nitrogens with one attached hydrogen (secondary N) is 1. The Hall–Kier alpha value is -0.0888. The van der Waals surface area contributed by atoms with E-state index < -0.39 is 24.0 Å². The van der Waals surface area contributed by atoms with Crippen LogP contribution in [0.5, 0.6) is 0 Å². The Bertz CT molecular complexity index is 873. The van der Waals surface area contributed by atoms with Gasteiger partial charge in [-0.25, -0.2) is 0 Å². The predicted octanol–water partition coefficient (Wildman–Crippen LogP) is 1.26. The van der Waals surface area contributed by atoms with Crippen LogP contribution >= 0.6 is 0 Å². The maximum Gasteiger partial charge on any atom is -1.00 e. The summed E-state index contributed by atoms with van der Waals surface area (Å²) in [7, 11) is 0. The van der Waals surface area contributed by atoms with E-state index in [0.29, 0.717) is 4.22 Å². The average molecular weight is 527 g/mol. The van der Waals surface area contributed by atoms with Gasteiger partial charge < -0.3 is 24.8 Å². The molecule has 0 spiro atoms. The molecule has 1 aliphatic rings. The number of hydrogen-bond acceptors (Lipinski definition) is 1. The Morgan fingerprint density at radius 2 is 1.06 bits per heavy atom. The molecule has 3 rings (SSSR count). The molecule has 2 aromatic carbocycles. The maximum absolute atomic E-state index is 4.20. The summed E-state index contributed by atoms with van der Waals surface area (Å²) in [5.41, 5.74) is 9.62. The molecule has 1 aliphatic carbocycles. The Kier molecular flexibility index (Phi) is 9.60. The number of hydrogen-bond donors (Lipinski definition) is 1. The van der Waals surface area contributed by atoms with Crippen LogP contribution < -0.4 is 28.6 Å². The summed E-state index contributed by atoms with van der Waals surface area (Å²) in [4.78, 5) is 0. The van der Waals surface area contributed by atoms with Gasteiger partial charge in [0.1, 0.15) is 0 Å². The van der Waals surface area contributed by atoms with E-state index >= 15 is 0 Å². The first kappa shape index (κ1) is 29.9. The van der Waals surface area contributed by atoms with E-state index in [1.165, 1.54) is 22.3 Å². The topological polar surface area (TPSA) is 12.0 Å². The van der Waals surface area contributed by atoms with E-state index in [9.17, 15) is 0 Å². The molecule has 0 radical (unpaired) electrons. The zero-order valence-corrected chi connectivity index (χ0v) is 26.1. The summed E-state index contributed by atoms with van der Waals surface area (Å²) in [6, 6.07) is 14.8. The Morgan fingerprint density at radius 1 is 0.688 bits per heavy atom. The first-order chi connectivity index (χ1) is 13.6. The normalized spacial score (nSPS) is 13.9. The third-order valence-electron chi connectivity index (χ3n) is 6.20. The minimum Gasteiger partial charge on any atom is -1.00 e. The summed E-state index contributed by atoms with van der Waals surface area (Å²) >= 11 is -1.53. The Balaban J connectivity index is 0.00000256. The van der Waals surface area contributed by atoms with Crippen molar-refractivity contribution in [2.24, 2.45) is 0 Å². The van der Waals surface area contributed by atoms with Crippen LogP contribution in [0, 0.1) is 0 Å². The van der Waals surface area contributed by atoms with Crippen LogP contribution in [0.4, 0.5) is 0 Å². The molecule has 0 unspecified atom stereocenters. The monoisotopic (exact) mass is 526 g/mol. The molecule has 0 atom stereocenters. The van der Waals surface area contributed by atoms with Gasteiger partial charge in [-0.3, -0.25) is 0 Å². The first-order valence-electron chi connectivity index (χ1n) is 11.5. The number of fused-ring (bicyclic) bond motifs is 3. The molecule has 0 saturated carbocycles. The quantitative estimate of drug-likeness (QED) is 0.594. The molecular formula is C27H42Cl2NSiTi. The minimum absolute atomic E-state index is 0. The fourth-order valence-corrected chi connectivity index (χ4v) is 16.6. The van der Waals surface area contributed by atoms with Gasteiger partial charge in [0.2, 0.25) is 0 Å². The first-order valence-corrected chi connectivity index (χ1v) is 18.8. The van der Waals surface area contributed by atoms with Crippen LogP contribution in [0.15, 0.2) is 36.4 Å². The van der Waals surface area contributed by atoms with Crippen LogP contribution in [-0.4, -0.2) is 12.2 Å². The molecule has 0 aromatic heterocycles. The van der Waals surface area contributed by atoms with Crippen molar-refractivity contribution in [1.82, 2.24) is 3.80 Å². The van der Waals surface area contributed by atoms with Crippen molar-refractivity contribution in [3.63, 3.8) is 0 Å². The van der Waals surface area contributed by atoms with Crippen molar-refractivity contribution in [2.45, 2.75) is 96.0 Å². The smallest absolute Gasteiger partial charge is 1.00 e. The number of benzene rings is 2. The fraction of sp³-hybridized carbons (Fsp3) is 0.556. The second-order valence-electron chi connectivity index (χ2n) is 12.5. The minimum atomic E-state index is -1.53. The van der Waals surface area contributed by atoms with E-state index in [0.717, 1.165) is 0 Å². The average Bonchev–Trinajstić information content (AvgIpc) is 2.90. The van der Waals surface area contributed by atoms with Gasteiger partial charge in [0.15, 0.2) is 0 Å². The summed E-state index contributed by atoms with van der Waals surface area (Å²) < 4.78 is 4.81. The molecule has 0 saturated heterocycles. The third kappa shape index (κ3) is 6.32. The standard InChI is InChI=1S/C21H25.C4H10N.C2H7Si.2ClH.Ti/c1-20(2,3)16-9-7-14-11-15-8-10-17(21(4,5)6)13-19(15)18(14)12-16;1-4(2,3)5;1-3-2;;;/h7-13H,1-6H3;5H,1-3H3;3H,1-2H3;2*1H;/q;-1;;;;+3/p-2. The van der Waals surface area contributed by atoms with Gasteiger partial charge in [-0.1, -0.05) is 0 Å². The van der Waals surface area contributed by atoms with Crippen molar-refractivity contribution in [3.05, 3.63) is 58.7 Å². The summed E-state index contributed by atoms with van der Waals surface area (Å²) in [5.74, 6) is 0. The molecule has 0 fully saturated rings. The second kappa shape index (κ2) is 10.3. The number of halogens is 2. The zero-order valence-electron chi connectivity index (χ0n) is 21.9. The van der Waals surface area contributed by atoms with Gasteiger partial charge in [0.05, 0.1) is 0 Å². The summed E-state index contributed by atoms with van der Waals surface area (Å²) in [6.45, 7) is 25.4. The largest absolute Gasteiger partial charge is 1.00 e. The van der Waals surface area contributed by atoms with Gasteiger partial charge >= 0.3 is 194 Å². The maximum atomic E-state index is 4.20. The van der Waals surface area contributed by atoms with E-state index in [-0.39, 0.29) is 41.2 Å². The Morgan fingerprint density at radius 3 is 1.34 bits per heavy atom. The molecular weight excluding hydrogens is 485 g/mol. The molecule has 0 aliphatic heterocycles. The summed E-state index contributed by atoms with van der Waals surface area (Å²) in [6.07, 6.45) is 0. The molecule has 0 amide bonds. The molecule has 1 nitrogen and oxygen atoms in total. The fourth-order valence-electron chi connectivity index (χ4n) is 4.50. The molecule has 0 bridgehead atoms. The van der Waals surface area contributed by atoms with Crippen molar-refractivity contribution in [2.75, 3.05) is 0 Å². The van der Waals surface area contributed by atoms with Gasteiger partial charge in [0, 0.05) is 0 Å². The van der Waals surface area contributed by atoms with Crippen LogP contribution in [-0.2, 0) is 28.2 Å². The van der Waals surface area contributed by atoms with Gasteiger partial charge in [-0.15, -0.1) is 0 Å². The van der Waals surface area contributed by atoms with Gasteiger partial charge in [0.25, 0.3) is 0 Å². The van der Waals surface area contributed by atoms with E-state index in [1.54, 1.807) is 11.1 Å². The van der Waals surface area contributed by atoms with Crippen molar-refractivity contribution >= 4 is 6.66 Å². The van der Waals surface area contributed by atoms with Crippen molar-refractivity contribution < 1.29 is 42.2 Å². The molecule has 0 heterocycles. The molecule has 177 valence electrons. The van der Waals surface area contributed by atoms with Crippen molar-refractivity contribution in [1.29, 1.82) is 0 Å². The van der Waals surface area contributed by atoms with Crippen LogP contribution in [0.1, 0.15) is 88.8 Å². The second-order valence-corrected chi connectivity index (χ2v) is 25.5.